The smallest absolute Gasteiger partial charge is 0.0933 e. The molecule has 1 aliphatic carbocycles. The minimum atomic E-state index is 1.16. The van der Waals surface area contributed by atoms with Gasteiger partial charge in [0.05, 0.1) is 12.5 Å². The summed E-state index contributed by atoms with van der Waals surface area (Å²) >= 11 is 0. The summed E-state index contributed by atoms with van der Waals surface area (Å²) < 4.78 is 5.37. The zero-order valence-corrected chi connectivity index (χ0v) is 7.96. The van der Waals surface area contributed by atoms with E-state index < -0.39 is 0 Å². The third-order valence-electron chi connectivity index (χ3n) is 2.63. The van der Waals surface area contributed by atoms with Gasteiger partial charge >= 0.3 is 0 Å². The largest absolute Gasteiger partial charge is 0.472 e. The fourth-order valence-electron chi connectivity index (χ4n) is 1.80. The van der Waals surface area contributed by atoms with Crippen LogP contribution in [0.4, 0.5) is 0 Å². The van der Waals surface area contributed by atoms with Crippen LogP contribution in [0.1, 0.15) is 38.5 Å². The Morgan fingerprint density at radius 3 is 1.85 bits per heavy atom. The standard InChI is InChI=1S/C12H16O/c1-2-4-6-12-8-7-11(5-3-1)9-13-10-12/h7-10H,1-6H2. The minimum absolute atomic E-state index is 1.16. The van der Waals surface area contributed by atoms with E-state index in [1.54, 1.807) is 0 Å². The molecule has 0 aromatic rings. The first-order chi connectivity index (χ1) is 6.45. The Morgan fingerprint density at radius 1 is 0.769 bits per heavy atom. The molecule has 0 spiro atoms. The molecule has 0 aromatic heterocycles. The summed E-state index contributed by atoms with van der Waals surface area (Å²) in [5.74, 6) is 0. The van der Waals surface area contributed by atoms with Crippen LogP contribution in [0.2, 0.25) is 0 Å². The average Bonchev–Trinajstić information content (AvgIpc) is 2.40. The molecular weight excluding hydrogens is 160 g/mol. The highest BCUT2D eigenvalue weighted by Crippen LogP contribution is 2.21. The van der Waals surface area contributed by atoms with Crippen LogP contribution in [0, 0.1) is 0 Å². The lowest BCUT2D eigenvalue weighted by atomic mass is 10.0. The van der Waals surface area contributed by atoms with Crippen LogP contribution in [0.5, 0.6) is 0 Å². The van der Waals surface area contributed by atoms with Gasteiger partial charge in [0.15, 0.2) is 0 Å². The quantitative estimate of drug-likeness (QED) is 0.547. The summed E-state index contributed by atoms with van der Waals surface area (Å²) in [5, 5.41) is 0. The maximum Gasteiger partial charge on any atom is 0.0933 e. The SMILES string of the molecule is C1=CC2=COC=C1CCCCCC2. The van der Waals surface area contributed by atoms with Crippen molar-refractivity contribution in [1.29, 1.82) is 0 Å². The normalized spacial score (nSPS) is 22.8. The van der Waals surface area contributed by atoms with Crippen molar-refractivity contribution in [1.82, 2.24) is 0 Å². The van der Waals surface area contributed by atoms with Crippen molar-refractivity contribution in [2.24, 2.45) is 0 Å². The maximum absolute atomic E-state index is 5.37. The molecule has 2 rings (SSSR count). The van der Waals surface area contributed by atoms with Gasteiger partial charge in [-0.25, -0.2) is 0 Å². The molecule has 1 heterocycles. The summed E-state index contributed by atoms with van der Waals surface area (Å²) in [6, 6.07) is 0. The number of hydrogen-bond acceptors (Lipinski definition) is 1. The Bertz CT molecular complexity index is 232. The van der Waals surface area contributed by atoms with E-state index in [1.807, 2.05) is 12.5 Å². The van der Waals surface area contributed by atoms with Crippen molar-refractivity contribution in [3.63, 3.8) is 0 Å². The molecule has 0 unspecified atom stereocenters. The Kier molecular flexibility index (Phi) is 2.86. The molecule has 1 heteroatoms. The Hall–Kier alpha value is -0.980. The second-order valence-electron chi connectivity index (χ2n) is 3.77. The fourth-order valence-corrected chi connectivity index (χ4v) is 1.80. The van der Waals surface area contributed by atoms with Gasteiger partial charge in [0.2, 0.25) is 0 Å². The molecular formula is C12H16O. The third kappa shape index (κ3) is 2.48. The predicted octanol–water partition coefficient (Wildman–Crippen LogP) is 3.69. The van der Waals surface area contributed by atoms with Gasteiger partial charge in [-0.3, -0.25) is 0 Å². The summed E-state index contributed by atoms with van der Waals surface area (Å²) in [6.45, 7) is 0. The number of ether oxygens (including phenoxy) is 1. The molecule has 2 bridgehead atoms. The van der Waals surface area contributed by atoms with Crippen LogP contribution in [-0.2, 0) is 4.74 Å². The van der Waals surface area contributed by atoms with E-state index in [-0.39, 0.29) is 0 Å². The summed E-state index contributed by atoms with van der Waals surface area (Å²) in [7, 11) is 0. The van der Waals surface area contributed by atoms with E-state index in [2.05, 4.69) is 12.2 Å². The van der Waals surface area contributed by atoms with Crippen molar-refractivity contribution in [2.75, 3.05) is 0 Å². The first-order valence-corrected chi connectivity index (χ1v) is 5.17. The van der Waals surface area contributed by atoms with Crippen LogP contribution in [0.25, 0.3) is 0 Å². The molecule has 1 aliphatic heterocycles. The van der Waals surface area contributed by atoms with Gasteiger partial charge in [0.1, 0.15) is 0 Å². The lowest BCUT2D eigenvalue weighted by Crippen LogP contribution is -1.86. The Balaban J connectivity index is 2.13. The van der Waals surface area contributed by atoms with Crippen LogP contribution in [0.15, 0.2) is 35.8 Å². The molecule has 2 aliphatic rings. The Labute approximate surface area is 79.8 Å². The predicted molar refractivity (Wildman–Crippen MR) is 54.1 cm³/mol. The van der Waals surface area contributed by atoms with Crippen LogP contribution < -0.4 is 0 Å². The van der Waals surface area contributed by atoms with Crippen molar-refractivity contribution in [3.05, 3.63) is 35.8 Å². The summed E-state index contributed by atoms with van der Waals surface area (Å²) in [5.41, 5.74) is 2.65. The fraction of sp³-hybridized carbons (Fsp3) is 0.500. The van der Waals surface area contributed by atoms with Crippen molar-refractivity contribution in [2.45, 2.75) is 38.5 Å². The average molecular weight is 176 g/mol. The number of allylic oxidation sites excluding steroid dienone is 4. The first-order valence-electron chi connectivity index (χ1n) is 5.17. The van der Waals surface area contributed by atoms with Gasteiger partial charge in [-0.2, -0.15) is 0 Å². The van der Waals surface area contributed by atoms with E-state index >= 15 is 0 Å². The van der Waals surface area contributed by atoms with Crippen LogP contribution in [-0.4, -0.2) is 0 Å². The Morgan fingerprint density at radius 2 is 1.31 bits per heavy atom. The first kappa shape index (κ1) is 8.61. The lowest BCUT2D eigenvalue weighted by Gasteiger charge is -2.04. The minimum Gasteiger partial charge on any atom is -0.472 e. The van der Waals surface area contributed by atoms with Gasteiger partial charge < -0.3 is 4.74 Å². The number of fused-ring (bicyclic) bond motifs is 2. The zero-order valence-electron chi connectivity index (χ0n) is 7.96. The van der Waals surface area contributed by atoms with Gasteiger partial charge in [-0.1, -0.05) is 25.0 Å². The highest BCUT2D eigenvalue weighted by Gasteiger charge is 2.03. The molecule has 0 radical (unpaired) electrons. The molecule has 0 aromatic carbocycles. The molecule has 0 saturated heterocycles. The second-order valence-corrected chi connectivity index (χ2v) is 3.77. The van der Waals surface area contributed by atoms with Crippen molar-refractivity contribution < 1.29 is 4.74 Å². The maximum atomic E-state index is 5.37. The van der Waals surface area contributed by atoms with E-state index in [0.717, 1.165) is 12.8 Å². The third-order valence-corrected chi connectivity index (χ3v) is 2.63. The molecule has 0 amide bonds. The van der Waals surface area contributed by atoms with Crippen LogP contribution in [0.3, 0.4) is 0 Å². The highest BCUT2D eigenvalue weighted by molar-refractivity contribution is 5.28. The molecule has 13 heavy (non-hydrogen) atoms. The van der Waals surface area contributed by atoms with E-state index in [1.165, 1.54) is 36.8 Å². The van der Waals surface area contributed by atoms with Crippen molar-refractivity contribution >= 4 is 0 Å². The molecule has 1 nitrogen and oxygen atoms in total. The van der Waals surface area contributed by atoms with E-state index in [4.69, 9.17) is 4.74 Å². The monoisotopic (exact) mass is 176 g/mol. The molecule has 0 N–H and O–H groups in total. The zero-order chi connectivity index (χ0) is 8.93. The van der Waals surface area contributed by atoms with Gasteiger partial charge in [-0.05, 0) is 36.8 Å². The lowest BCUT2D eigenvalue weighted by molar-refractivity contribution is 0.394. The molecule has 0 atom stereocenters. The van der Waals surface area contributed by atoms with E-state index in [9.17, 15) is 0 Å². The van der Waals surface area contributed by atoms with Gasteiger partial charge in [-0.15, -0.1) is 0 Å². The molecule has 0 fully saturated rings. The number of hydrogen-bond donors (Lipinski definition) is 0. The van der Waals surface area contributed by atoms with E-state index in [0.29, 0.717) is 0 Å². The summed E-state index contributed by atoms with van der Waals surface area (Å²) in [6.07, 6.45) is 15.8. The van der Waals surface area contributed by atoms with Gasteiger partial charge in [0, 0.05) is 0 Å². The highest BCUT2D eigenvalue weighted by atomic mass is 16.5. The van der Waals surface area contributed by atoms with Crippen LogP contribution >= 0.6 is 0 Å². The van der Waals surface area contributed by atoms with Gasteiger partial charge in [0.25, 0.3) is 0 Å². The molecule has 70 valence electrons. The molecule has 0 saturated carbocycles. The van der Waals surface area contributed by atoms with Crippen molar-refractivity contribution in [3.8, 4) is 0 Å². The second kappa shape index (κ2) is 4.31. The summed E-state index contributed by atoms with van der Waals surface area (Å²) in [4.78, 5) is 0. The topological polar surface area (TPSA) is 9.23 Å². The number of rotatable bonds is 0.